The first-order valence-corrected chi connectivity index (χ1v) is 7.79. The molecule has 1 saturated heterocycles. The molecule has 2 aliphatic rings. The van der Waals surface area contributed by atoms with Crippen molar-refractivity contribution in [3.63, 3.8) is 0 Å². The first-order valence-electron chi connectivity index (χ1n) is 7.79. The lowest BCUT2D eigenvalue weighted by molar-refractivity contribution is 0.148. The molecule has 1 N–H and O–H groups in total. The lowest BCUT2D eigenvalue weighted by Crippen LogP contribution is -2.48. The molecule has 1 saturated carbocycles. The second-order valence-electron chi connectivity index (χ2n) is 6.60. The van der Waals surface area contributed by atoms with E-state index in [4.69, 9.17) is 0 Å². The molecule has 3 unspecified atom stereocenters. The highest BCUT2D eigenvalue weighted by Gasteiger charge is 2.25. The summed E-state index contributed by atoms with van der Waals surface area (Å²) >= 11 is 0. The predicted octanol–water partition coefficient (Wildman–Crippen LogP) is 1.65. The minimum atomic E-state index is 0.765. The van der Waals surface area contributed by atoms with E-state index >= 15 is 0 Å². The Hall–Kier alpha value is -0.120. The van der Waals surface area contributed by atoms with Crippen LogP contribution in [0.5, 0.6) is 0 Å². The summed E-state index contributed by atoms with van der Waals surface area (Å²) in [6, 6.07) is 0.765. The van der Waals surface area contributed by atoms with E-state index in [-0.39, 0.29) is 0 Å². The van der Waals surface area contributed by atoms with Crippen LogP contribution >= 0.6 is 0 Å². The van der Waals surface area contributed by atoms with Gasteiger partial charge in [0.05, 0.1) is 0 Å². The molecule has 3 nitrogen and oxygen atoms in total. The molecule has 0 radical (unpaired) electrons. The quantitative estimate of drug-likeness (QED) is 0.822. The van der Waals surface area contributed by atoms with Crippen LogP contribution in [-0.2, 0) is 0 Å². The molecule has 1 aliphatic carbocycles. The SMILES string of the molecule is CC1CCC(C)C(NCCN2CCN(C)CC2)C1. The van der Waals surface area contributed by atoms with Crippen molar-refractivity contribution in [2.45, 2.75) is 39.2 Å². The summed E-state index contributed by atoms with van der Waals surface area (Å²) in [5.41, 5.74) is 0. The Labute approximate surface area is 113 Å². The van der Waals surface area contributed by atoms with Crippen molar-refractivity contribution in [1.82, 2.24) is 15.1 Å². The van der Waals surface area contributed by atoms with Crippen LogP contribution < -0.4 is 5.32 Å². The largest absolute Gasteiger partial charge is 0.312 e. The molecule has 0 aromatic rings. The Morgan fingerprint density at radius 1 is 1.06 bits per heavy atom. The summed E-state index contributed by atoms with van der Waals surface area (Å²) < 4.78 is 0. The Morgan fingerprint density at radius 3 is 2.50 bits per heavy atom. The zero-order valence-electron chi connectivity index (χ0n) is 12.5. The van der Waals surface area contributed by atoms with Crippen LogP contribution in [0.2, 0.25) is 0 Å². The minimum Gasteiger partial charge on any atom is -0.312 e. The smallest absolute Gasteiger partial charge is 0.0110 e. The lowest BCUT2D eigenvalue weighted by atomic mass is 9.80. The monoisotopic (exact) mass is 253 g/mol. The fourth-order valence-electron chi connectivity index (χ4n) is 3.30. The van der Waals surface area contributed by atoms with E-state index in [9.17, 15) is 0 Å². The van der Waals surface area contributed by atoms with Gasteiger partial charge in [0.2, 0.25) is 0 Å². The average Bonchev–Trinajstić information content (AvgIpc) is 2.36. The molecule has 18 heavy (non-hydrogen) atoms. The number of hydrogen-bond donors (Lipinski definition) is 1. The summed E-state index contributed by atoms with van der Waals surface area (Å²) in [4.78, 5) is 5.03. The summed E-state index contributed by atoms with van der Waals surface area (Å²) in [5.74, 6) is 1.79. The number of piperazine rings is 1. The van der Waals surface area contributed by atoms with Gasteiger partial charge in [-0.1, -0.05) is 20.3 Å². The van der Waals surface area contributed by atoms with E-state index < -0.39 is 0 Å². The van der Waals surface area contributed by atoms with Crippen LogP contribution in [0.4, 0.5) is 0 Å². The highest BCUT2D eigenvalue weighted by Crippen LogP contribution is 2.28. The molecule has 2 rings (SSSR count). The Bertz CT molecular complexity index is 236. The molecule has 1 aliphatic heterocycles. The zero-order chi connectivity index (χ0) is 13.0. The molecule has 0 aromatic heterocycles. The second kappa shape index (κ2) is 6.88. The summed E-state index contributed by atoms with van der Waals surface area (Å²) in [6.07, 6.45) is 4.22. The Balaban J connectivity index is 1.62. The highest BCUT2D eigenvalue weighted by molar-refractivity contribution is 4.81. The van der Waals surface area contributed by atoms with E-state index in [0.717, 1.165) is 17.9 Å². The molecular formula is C15H31N3. The van der Waals surface area contributed by atoms with E-state index in [1.165, 1.54) is 58.5 Å². The van der Waals surface area contributed by atoms with Gasteiger partial charge < -0.3 is 10.2 Å². The third kappa shape index (κ3) is 4.22. The average molecular weight is 253 g/mol. The lowest BCUT2D eigenvalue weighted by Gasteiger charge is -2.35. The van der Waals surface area contributed by atoms with Crippen LogP contribution in [0.3, 0.4) is 0 Å². The van der Waals surface area contributed by atoms with E-state index in [2.05, 4.69) is 36.0 Å². The summed E-state index contributed by atoms with van der Waals surface area (Å²) in [7, 11) is 2.22. The molecule has 0 aromatic carbocycles. The van der Waals surface area contributed by atoms with Crippen LogP contribution in [0.25, 0.3) is 0 Å². The van der Waals surface area contributed by atoms with Gasteiger partial charge in [0, 0.05) is 45.3 Å². The third-order valence-corrected chi connectivity index (χ3v) is 4.89. The molecule has 0 spiro atoms. The maximum Gasteiger partial charge on any atom is 0.0110 e. The van der Waals surface area contributed by atoms with Crippen molar-refractivity contribution >= 4 is 0 Å². The fourth-order valence-corrected chi connectivity index (χ4v) is 3.30. The van der Waals surface area contributed by atoms with Gasteiger partial charge in [0.15, 0.2) is 0 Å². The fraction of sp³-hybridized carbons (Fsp3) is 1.00. The molecular weight excluding hydrogens is 222 g/mol. The van der Waals surface area contributed by atoms with Crippen LogP contribution in [0.1, 0.15) is 33.1 Å². The van der Waals surface area contributed by atoms with E-state index in [0.29, 0.717) is 0 Å². The predicted molar refractivity (Wildman–Crippen MR) is 77.9 cm³/mol. The van der Waals surface area contributed by atoms with Crippen LogP contribution in [0.15, 0.2) is 0 Å². The topological polar surface area (TPSA) is 18.5 Å². The Kier molecular flexibility index (Phi) is 5.46. The van der Waals surface area contributed by atoms with E-state index in [1.54, 1.807) is 0 Å². The van der Waals surface area contributed by atoms with Crippen LogP contribution in [-0.4, -0.2) is 62.2 Å². The Morgan fingerprint density at radius 2 is 1.78 bits per heavy atom. The number of hydrogen-bond acceptors (Lipinski definition) is 3. The second-order valence-corrected chi connectivity index (χ2v) is 6.60. The number of nitrogens with zero attached hydrogens (tertiary/aromatic N) is 2. The van der Waals surface area contributed by atoms with Crippen molar-refractivity contribution in [1.29, 1.82) is 0 Å². The molecule has 3 atom stereocenters. The molecule has 0 amide bonds. The summed E-state index contributed by atoms with van der Waals surface area (Å²) in [5, 5.41) is 3.81. The highest BCUT2D eigenvalue weighted by atomic mass is 15.2. The standard InChI is InChI=1S/C15H31N3/c1-13-4-5-14(2)15(12-13)16-6-7-18-10-8-17(3)9-11-18/h13-16H,4-12H2,1-3H3. The molecule has 0 bridgehead atoms. The van der Waals surface area contributed by atoms with Gasteiger partial charge in [-0.3, -0.25) is 4.90 Å². The van der Waals surface area contributed by atoms with Crippen molar-refractivity contribution in [3.8, 4) is 0 Å². The van der Waals surface area contributed by atoms with Gasteiger partial charge >= 0.3 is 0 Å². The minimum absolute atomic E-state index is 0.765. The first-order chi connectivity index (χ1) is 8.65. The van der Waals surface area contributed by atoms with Crippen molar-refractivity contribution in [2.24, 2.45) is 11.8 Å². The number of rotatable bonds is 4. The molecule has 3 heteroatoms. The van der Waals surface area contributed by atoms with Gasteiger partial charge in [-0.2, -0.15) is 0 Å². The normalized spacial score (nSPS) is 35.8. The van der Waals surface area contributed by atoms with Gasteiger partial charge in [0.25, 0.3) is 0 Å². The maximum absolute atomic E-state index is 3.81. The van der Waals surface area contributed by atoms with Gasteiger partial charge in [-0.05, 0) is 31.7 Å². The van der Waals surface area contributed by atoms with Crippen LogP contribution in [0, 0.1) is 11.8 Å². The zero-order valence-corrected chi connectivity index (χ0v) is 12.5. The van der Waals surface area contributed by atoms with E-state index in [1.807, 2.05) is 0 Å². The molecule has 2 fully saturated rings. The maximum atomic E-state index is 3.81. The van der Waals surface area contributed by atoms with Gasteiger partial charge in [-0.25, -0.2) is 0 Å². The van der Waals surface area contributed by atoms with Crippen molar-refractivity contribution < 1.29 is 0 Å². The van der Waals surface area contributed by atoms with Crippen molar-refractivity contribution in [2.75, 3.05) is 46.3 Å². The third-order valence-electron chi connectivity index (χ3n) is 4.89. The van der Waals surface area contributed by atoms with Crippen molar-refractivity contribution in [3.05, 3.63) is 0 Å². The summed E-state index contributed by atoms with van der Waals surface area (Å²) in [6.45, 7) is 12.2. The first kappa shape index (κ1) is 14.3. The number of nitrogens with one attached hydrogen (secondary N) is 1. The van der Waals surface area contributed by atoms with Gasteiger partial charge in [-0.15, -0.1) is 0 Å². The molecule has 1 heterocycles. The molecule has 106 valence electrons. The number of likely N-dealkylation sites (N-methyl/N-ethyl adjacent to an activating group) is 1. The van der Waals surface area contributed by atoms with Gasteiger partial charge in [0.1, 0.15) is 0 Å².